The first-order chi connectivity index (χ1) is 9.58. The van der Waals surface area contributed by atoms with Gasteiger partial charge in [0.05, 0.1) is 6.54 Å². The summed E-state index contributed by atoms with van der Waals surface area (Å²) in [6, 6.07) is 3.90. The second-order valence-corrected chi connectivity index (χ2v) is 5.27. The van der Waals surface area contributed by atoms with Crippen molar-refractivity contribution < 1.29 is 14.0 Å². The highest BCUT2D eigenvalue weighted by molar-refractivity contribution is 7.80. The number of amides is 2. The van der Waals surface area contributed by atoms with Gasteiger partial charge in [0.25, 0.3) is 5.91 Å². The highest BCUT2D eigenvalue weighted by Crippen LogP contribution is 2.14. The molecule has 2 amide bonds. The third kappa shape index (κ3) is 3.72. The summed E-state index contributed by atoms with van der Waals surface area (Å²) in [6.45, 7) is 1.48. The molecule has 2 rings (SSSR count). The number of halogens is 1. The van der Waals surface area contributed by atoms with E-state index in [2.05, 4.69) is 17.9 Å². The van der Waals surface area contributed by atoms with E-state index in [-0.39, 0.29) is 17.3 Å². The summed E-state index contributed by atoms with van der Waals surface area (Å²) < 4.78 is 13.1. The van der Waals surface area contributed by atoms with E-state index in [0.29, 0.717) is 5.56 Å². The fourth-order valence-corrected chi connectivity index (χ4v) is 2.38. The number of piperidine rings is 1. The monoisotopic (exact) mass is 296 g/mol. The molecule has 0 saturated carbocycles. The summed E-state index contributed by atoms with van der Waals surface area (Å²) in [5, 5.41) is 2.56. The summed E-state index contributed by atoms with van der Waals surface area (Å²) in [4.78, 5) is 25.6. The Balaban J connectivity index is 1.88. The first-order valence-electron chi connectivity index (χ1n) is 6.62. The first kappa shape index (κ1) is 14.8. The minimum absolute atomic E-state index is 0.0296. The fourth-order valence-electron chi connectivity index (χ4n) is 2.17. The maximum absolute atomic E-state index is 13.1. The molecule has 0 spiro atoms. The number of thiol groups is 1. The molecule has 1 aliphatic heterocycles. The fraction of sp³-hybridized carbons (Fsp3) is 0.429. The SMILES string of the molecule is O=C(NCC(=O)N1CCCCC1)c1ccc(F)c(S)c1. The second kappa shape index (κ2) is 6.74. The smallest absolute Gasteiger partial charge is 0.251 e. The second-order valence-electron chi connectivity index (χ2n) is 4.79. The molecule has 1 aromatic rings. The topological polar surface area (TPSA) is 49.4 Å². The predicted molar refractivity (Wildman–Crippen MR) is 76.4 cm³/mol. The van der Waals surface area contributed by atoms with Crippen molar-refractivity contribution in [1.82, 2.24) is 10.2 Å². The lowest BCUT2D eigenvalue weighted by atomic mass is 10.1. The first-order valence-corrected chi connectivity index (χ1v) is 7.07. The van der Waals surface area contributed by atoms with E-state index in [1.807, 2.05) is 0 Å². The summed E-state index contributed by atoms with van der Waals surface area (Å²) >= 11 is 3.92. The number of carbonyl (C=O) groups is 2. The van der Waals surface area contributed by atoms with Crippen molar-refractivity contribution in [1.29, 1.82) is 0 Å². The molecule has 0 aliphatic carbocycles. The van der Waals surface area contributed by atoms with Crippen LogP contribution >= 0.6 is 12.6 Å². The van der Waals surface area contributed by atoms with Gasteiger partial charge in [-0.15, -0.1) is 12.6 Å². The molecule has 4 nitrogen and oxygen atoms in total. The van der Waals surface area contributed by atoms with Gasteiger partial charge in [0.2, 0.25) is 5.91 Å². The van der Waals surface area contributed by atoms with Crippen LogP contribution in [-0.4, -0.2) is 36.3 Å². The van der Waals surface area contributed by atoms with Gasteiger partial charge in [0, 0.05) is 23.5 Å². The van der Waals surface area contributed by atoms with Crippen molar-refractivity contribution in [3.8, 4) is 0 Å². The minimum Gasteiger partial charge on any atom is -0.343 e. The molecule has 1 N–H and O–H groups in total. The van der Waals surface area contributed by atoms with Crippen LogP contribution in [0.5, 0.6) is 0 Å². The molecule has 1 fully saturated rings. The Morgan fingerprint density at radius 2 is 1.95 bits per heavy atom. The molecule has 1 aromatic carbocycles. The van der Waals surface area contributed by atoms with E-state index >= 15 is 0 Å². The van der Waals surface area contributed by atoms with Crippen LogP contribution in [0.2, 0.25) is 0 Å². The van der Waals surface area contributed by atoms with E-state index in [4.69, 9.17) is 0 Å². The molecule has 1 heterocycles. The van der Waals surface area contributed by atoms with Crippen LogP contribution in [0.1, 0.15) is 29.6 Å². The molecule has 20 heavy (non-hydrogen) atoms. The molecule has 108 valence electrons. The number of hydrogen-bond acceptors (Lipinski definition) is 3. The number of hydrogen-bond donors (Lipinski definition) is 2. The molecule has 0 bridgehead atoms. The Bertz CT molecular complexity index is 516. The summed E-state index contributed by atoms with van der Waals surface area (Å²) in [7, 11) is 0. The van der Waals surface area contributed by atoms with Crippen LogP contribution in [0.3, 0.4) is 0 Å². The summed E-state index contributed by atoms with van der Waals surface area (Å²) in [5.74, 6) is -0.953. The van der Waals surface area contributed by atoms with Crippen molar-refractivity contribution in [2.24, 2.45) is 0 Å². The van der Waals surface area contributed by atoms with Gasteiger partial charge in [-0.3, -0.25) is 9.59 Å². The predicted octanol–water partition coefficient (Wildman–Crippen LogP) is 1.86. The average Bonchev–Trinajstić information content (AvgIpc) is 2.48. The molecule has 0 unspecified atom stereocenters. The molecule has 0 aromatic heterocycles. The minimum atomic E-state index is -0.478. The summed E-state index contributed by atoms with van der Waals surface area (Å²) in [5.41, 5.74) is 0.294. The van der Waals surface area contributed by atoms with E-state index in [0.717, 1.165) is 32.4 Å². The van der Waals surface area contributed by atoms with Gasteiger partial charge >= 0.3 is 0 Å². The number of nitrogens with zero attached hydrogens (tertiary/aromatic N) is 1. The van der Waals surface area contributed by atoms with Gasteiger partial charge in [0.1, 0.15) is 5.82 Å². The van der Waals surface area contributed by atoms with Gasteiger partial charge in [-0.05, 0) is 37.5 Å². The highest BCUT2D eigenvalue weighted by Gasteiger charge is 2.17. The van der Waals surface area contributed by atoms with Crippen molar-refractivity contribution in [3.05, 3.63) is 29.6 Å². The summed E-state index contributed by atoms with van der Waals surface area (Å²) in [6.07, 6.45) is 3.18. The highest BCUT2D eigenvalue weighted by atomic mass is 32.1. The van der Waals surface area contributed by atoms with Gasteiger partial charge in [-0.1, -0.05) is 0 Å². The Hall–Kier alpha value is -1.56. The van der Waals surface area contributed by atoms with Crippen molar-refractivity contribution in [3.63, 3.8) is 0 Å². The molecule has 1 saturated heterocycles. The zero-order chi connectivity index (χ0) is 14.5. The maximum Gasteiger partial charge on any atom is 0.251 e. The van der Waals surface area contributed by atoms with Crippen LogP contribution in [0.15, 0.2) is 23.1 Å². The van der Waals surface area contributed by atoms with E-state index in [9.17, 15) is 14.0 Å². The van der Waals surface area contributed by atoms with E-state index in [1.165, 1.54) is 18.2 Å². The maximum atomic E-state index is 13.1. The van der Waals surface area contributed by atoms with Crippen molar-refractivity contribution in [2.45, 2.75) is 24.2 Å². The lowest BCUT2D eigenvalue weighted by Gasteiger charge is -2.26. The Morgan fingerprint density at radius 1 is 1.25 bits per heavy atom. The number of carbonyl (C=O) groups excluding carboxylic acids is 2. The standard InChI is InChI=1S/C14H17FN2O2S/c15-11-5-4-10(8-12(11)20)14(19)16-9-13(18)17-6-2-1-3-7-17/h4-5,8,20H,1-3,6-7,9H2,(H,16,19). The number of likely N-dealkylation sites (tertiary alicyclic amines) is 1. The average molecular weight is 296 g/mol. The molecular formula is C14H17FN2O2S. The quantitative estimate of drug-likeness (QED) is 0.837. The lowest BCUT2D eigenvalue weighted by Crippen LogP contribution is -2.42. The van der Waals surface area contributed by atoms with Gasteiger partial charge in [-0.2, -0.15) is 0 Å². The Labute approximate surface area is 122 Å². The largest absolute Gasteiger partial charge is 0.343 e. The van der Waals surface area contributed by atoms with Crippen LogP contribution in [-0.2, 0) is 4.79 Å². The lowest BCUT2D eigenvalue weighted by molar-refractivity contribution is -0.130. The van der Waals surface area contributed by atoms with Gasteiger partial charge in [-0.25, -0.2) is 4.39 Å². The third-order valence-corrected chi connectivity index (χ3v) is 3.66. The zero-order valence-electron chi connectivity index (χ0n) is 11.1. The number of benzene rings is 1. The Kier molecular flexibility index (Phi) is 5.00. The number of nitrogens with one attached hydrogen (secondary N) is 1. The Morgan fingerprint density at radius 3 is 2.60 bits per heavy atom. The molecule has 1 aliphatic rings. The zero-order valence-corrected chi connectivity index (χ0v) is 12.0. The molecule has 0 atom stereocenters. The van der Waals surface area contributed by atoms with Gasteiger partial charge in [0.15, 0.2) is 0 Å². The van der Waals surface area contributed by atoms with Crippen LogP contribution in [0.25, 0.3) is 0 Å². The normalized spacial score (nSPS) is 15.0. The van der Waals surface area contributed by atoms with Crippen LogP contribution < -0.4 is 5.32 Å². The third-order valence-electron chi connectivity index (χ3n) is 3.32. The van der Waals surface area contributed by atoms with Crippen LogP contribution in [0, 0.1) is 5.82 Å². The molecule has 0 radical (unpaired) electrons. The molecular weight excluding hydrogens is 279 g/mol. The van der Waals surface area contributed by atoms with Gasteiger partial charge < -0.3 is 10.2 Å². The van der Waals surface area contributed by atoms with Crippen molar-refractivity contribution >= 4 is 24.4 Å². The van der Waals surface area contributed by atoms with E-state index < -0.39 is 11.7 Å². The molecule has 6 heteroatoms. The van der Waals surface area contributed by atoms with Crippen molar-refractivity contribution in [2.75, 3.05) is 19.6 Å². The number of rotatable bonds is 3. The van der Waals surface area contributed by atoms with Crippen LogP contribution in [0.4, 0.5) is 4.39 Å². The van der Waals surface area contributed by atoms with E-state index in [1.54, 1.807) is 4.90 Å².